The van der Waals surface area contributed by atoms with Gasteiger partial charge < -0.3 is 15.0 Å². The van der Waals surface area contributed by atoms with Gasteiger partial charge in [-0.15, -0.1) is 0 Å². The number of benzene rings is 1. The number of amides is 1. The third kappa shape index (κ3) is 4.85. The summed E-state index contributed by atoms with van der Waals surface area (Å²) in [6.45, 7) is 8.18. The van der Waals surface area contributed by atoms with Crippen molar-refractivity contribution in [2.75, 3.05) is 19.6 Å². The van der Waals surface area contributed by atoms with Crippen molar-refractivity contribution >= 4 is 29.1 Å². The summed E-state index contributed by atoms with van der Waals surface area (Å²) < 4.78 is 5.69. The average molecular weight is 346 g/mol. The predicted molar refractivity (Wildman–Crippen MR) is 88.6 cm³/mol. The van der Waals surface area contributed by atoms with Crippen LogP contribution in [0.3, 0.4) is 0 Å². The van der Waals surface area contributed by atoms with Gasteiger partial charge in [0.05, 0.1) is 6.04 Å². The molecule has 1 aliphatic rings. The Morgan fingerprint density at radius 1 is 1.36 bits per heavy atom. The van der Waals surface area contributed by atoms with Crippen LogP contribution in [0.4, 0.5) is 0 Å². The van der Waals surface area contributed by atoms with Crippen molar-refractivity contribution in [3.63, 3.8) is 0 Å². The third-order valence-electron chi connectivity index (χ3n) is 3.83. The zero-order valence-corrected chi connectivity index (χ0v) is 14.7. The van der Waals surface area contributed by atoms with Crippen LogP contribution >= 0.6 is 23.2 Å². The van der Waals surface area contributed by atoms with Gasteiger partial charge in [-0.05, 0) is 38.5 Å². The Bertz CT molecular complexity index is 529. The van der Waals surface area contributed by atoms with Crippen molar-refractivity contribution in [3.05, 3.63) is 33.8 Å². The molecule has 4 nitrogen and oxygen atoms in total. The topological polar surface area (TPSA) is 42.8 Å². The molecule has 0 bridgehead atoms. The van der Waals surface area contributed by atoms with E-state index in [1.54, 1.807) is 12.1 Å². The van der Waals surface area contributed by atoms with Crippen molar-refractivity contribution in [2.24, 2.45) is 0 Å². The zero-order valence-electron chi connectivity index (χ0n) is 13.2. The smallest absolute Gasteiger partial charge is 0.275 e. The Morgan fingerprint density at radius 3 is 2.59 bits per heavy atom. The molecule has 0 aliphatic carbocycles. The molecule has 1 aromatic rings. The van der Waals surface area contributed by atoms with Gasteiger partial charge in [-0.3, -0.25) is 4.79 Å². The van der Waals surface area contributed by atoms with Crippen molar-refractivity contribution in [1.82, 2.24) is 5.32 Å². The molecule has 0 spiro atoms. The van der Waals surface area contributed by atoms with Gasteiger partial charge in [0.25, 0.3) is 5.91 Å². The highest BCUT2D eigenvalue weighted by atomic mass is 35.5. The van der Waals surface area contributed by atoms with Crippen LogP contribution in [-0.4, -0.2) is 37.7 Å². The SMILES string of the molecule is C[C@@H]1C[NH+](CC(=O)N[C@@H](C)c2ccc(Cl)cc2Cl)C[C@H](C)O1. The average Bonchev–Trinajstić information content (AvgIpc) is 2.36. The monoisotopic (exact) mass is 345 g/mol. The number of carbonyl (C=O) groups is 1. The van der Waals surface area contributed by atoms with Crippen molar-refractivity contribution in [1.29, 1.82) is 0 Å². The molecule has 1 amide bonds. The van der Waals surface area contributed by atoms with Crippen LogP contribution in [0.25, 0.3) is 0 Å². The second-order valence-corrected chi connectivity index (χ2v) is 6.89. The minimum atomic E-state index is -0.146. The molecular formula is C16H23Cl2N2O2+. The van der Waals surface area contributed by atoms with Crippen LogP contribution in [0, 0.1) is 0 Å². The number of nitrogens with one attached hydrogen (secondary N) is 2. The highest BCUT2D eigenvalue weighted by Gasteiger charge is 2.27. The van der Waals surface area contributed by atoms with Gasteiger partial charge >= 0.3 is 0 Å². The van der Waals surface area contributed by atoms with Crippen LogP contribution in [-0.2, 0) is 9.53 Å². The first-order valence-corrected chi connectivity index (χ1v) is 8.34. The van der Waals surface area contributed by atoms with Gasteiger partial charge in [0.15, 0.2) is 6.54 Å². The van der Waals surface area contributed by atoms with Gasteiger partial charge in [-0.1, -0.05) is 29.3 Å². The number of ether oxygens (including phenoxy) is 1. The van der Waals surface area contributed by atoms with Crippen molar-refractivity contribution in [3.8, 4) is 0 Å². The summed E-state index contributed by atoms with van der Waals surface area (Å²) in [5.74, 6) is 0.0230. The van der Waals surface area contributed by atoms with Crippen LogP contribution in [0.2, 0.25) is 10.0 Å². The van der Waals surface area contributed by atoms with E-state index >= 15 is 0 Å². The Balaban J connectivity index is 1.91. The molecule has 1 heterocycles. The summed E-state index contributed by atoms with van der Waals surface area (Å²) in [6.07, 6.45) is 0.379. The molecule has 2 rings (SSSR count). The summed E-state index contributed by atoms with van der Waals surface area (Å²) >= 11 is 12.1. The predicted octanol–water partition coefficient (Wildman–Crippen LogP) is 1.86. The lowest BCUT2D eigenvalue weighted by molar-refractivity contribution is -0.907. The molecule has 1 fully saturated rings. The number of quaternary nitrogens is 1. The maximum atomic E-state index is 12.2. The Kier molecular flexibility index (Phi) is 6.09. The lowest BCUT2D eigenvalue weighted by atomic mass is 10.1. The quantitative estimate of drug-likeness (QED) is 0.874. The number of halogens is 2. The second kappa shape index (κ2) is 7.64. The first-order chi connectivity index (χ1) is 10.3. The molecule has 2 N–H and O–H groups in total. The van der Waals surface area contributed by atoms with Gasteiger partial charge in [-0.2, -0.15) is 0 Å². The van der Waals surface area contributed by atoms with E-state index in [2.05, 4.69) is 5.32 Å². The number of hydrogen-bond acceptors (Lipinski definition) is 2. The summed E-state index contributed by atoms with van der Waals surface area (Å²) in [7, 11) is 0. The lowest BCUT2D eigenvalue weighted by Gasteiger charge is -2.32. The molecule has 0 radical (unpaired) electrons. The minimum absolute atomic E-state index is 0.0230. The molecule has 0 saturated carbocycles. The van der Waals surface area contributed by atoms with E-state index in [9.17, 15) is 4.79 Å². The van der Waals surface area contributed by atoms with Gasteiger partial charge in [0.2, 0.25) is 0 Å². The molecule has 0 aromatic heterocycles. The Morgan fingerprint density at radius 2 is 2.00 bits per heavy atom. The fourth-order valence-electron chi connectivity index (χ4n) is 2.98. The molecule has 4 atom stereocenters. The molecule has 122 valence electrons. The molecule has 1 aromatic carbocycles. The van der Waals surface area contributed by atoms with E-state index in [4.69, 9.17) is 27.9 Å². The van der Waals surface area contributed by atoms with Crippen molar-refractivity contribution in [2.45, 2.75) is 39.0 Å². The zero-order chi connectivity index (χ0) is 16.3. The Labute approximate surface area is 141 Å². The fourth-order valence-corrected chi connectivity index (χ4v) is 3.56. The van der Waals surface area contributed by atoms with Crippen molar-refractivity contribution < 1.29 is 14.4 Å². The summed E-state index contributed by atoms with van der Waals surface area (Å²) in [6, 6.07) is 5.17. The molecule has 6 heteroatoms. The minimum Gasteiger partial charge on any atom is -0.364 e. The van der Waals surface area contributed by atoms with E-state index in [1.165, 1.54) is 4.90 Å². The molecular weight excluding hydrogens is 323 g/mol. The highest BCUT2D eigenvalue weighted by Crippen LogP contribution is 2.25. The first kappa shape index (κ1) is 17.5. The van der Waals surface area contributed by atoms with Crippen LogP contribution in [0.15, 0.2) is 18.2 Å². The maximum absolute atomic E-state index is 12.2. The standard InChI is InChI=1S/C16H22Cl2N2O2/c1-10-7-20(8-11(2)22-10)9-16(21)19-12(3)14-5-4-13(17)6-15(14)18/h4-6,10-12H,7-9H2,1-3H3,(H,19,21)/p+1/t10-,11+,12-/m0/s1. The normalized spacial score (nSPS) is 26.5. The molecule has 1 saturated heterocycles. The largest absolute Gasteiger partial charge is 0.364 e. The van der Waals surface area contributed by atoms with E-state index in [-0.39, 0.29) is 24.2 Å². The number of hydrogen-bond donors (Lipinski definition) is 2. The number of rotatable bonds is 4. The maximum Gasteiger partial charge on any atom is 0.275 e. The van der Waals surface area contributed by atoms with Crippen LogP contribution < -0.4 is 10.2 Å². The number of carbonyl (C=O) groups excluding carboxylic acids is 1. The lowest BCUT2D eigenvalue weighted by Crippen LogP contribution is -3.16. The Hall–Kier alpha value is -0.810. The fraction of sp³-hybridized carbons (Fsp3) is 0.562. The van der Waals surface area contributed by atoms with Crippen LogP contribution in [0.1, 0.15) is 32.4 Å². The second-order valence-electron chi connectivity index (χ2n) is 6.05. The van der Waals surface area contributed by atoms with E-state index in [0.717, 1.165) is 18.7 Å². The summed E-state index contributed by atoms with van der Waals surface area (Å²) in [5.41, 5.74) is 0.873. The first-order valence-electron chi connectivity index (χ1n) is 7.58. The third-order valence-corrected chi connectivity index (χ3v) is 4.40. The van der Waals surface area contributed by atoms with E-state index in [1.807, 2.05) is 26.8 Å². The van der Waals surface area contributed by atoms with E-state index < -0.39 is 0 Å². The summed E-state index contributed by atoms with van der Waals surface area (Å²) in [4.78, 5) is 13.5. The van der Waals surface area contributed by atoms with Gasteiger partial charge in [0.1, 0.15) is 25.3 Å². The molecule has 1 aliphatic heterocycles. The molecule has 1 unspecified atom stereocenters. The molecule has 22 heavy (non-hydrogen) atoms. The van der Waals surface area contributed by atoms with Crippen LogP contribution in [0.5, 0.6) is 0 Å². The summed E-state index contributed by atoms with van der Waals surface area (Å²) in [5, 5.41) is 4.17. The number of morpholine rings is 1. The van der Waals surface area contributed by atoms with E-state index in [0.29, 0.717) is 16.6 Å². The van der Waals surface area contributed by atoms with Gasteiger partial charge in [0, 0.05) is 10.0 Å². The van der Waals surface area contributed by atoms with Gasteiger partial charge in [-0.25, -0.2) is 0 Å². The highest BCUT2D eigenvalue weighted by molar-refractivity contribution is 6.35.